The molecule has 21 heavy (non-hydrogen) atoms. The summed E-state index contributed by atoms with van der Waals surface area (Å²) in [6.07, 6.45) is 2.36. The standard InChI is InChI=1S/C15H27NO5/c1-15(2,3)21-9-6-12(14(18)19)16-13(17)10-11-4-7-20-8-5-11/h11-12H,4-10H2,1-3H3,(H,16,17)(H,18,19). The van der Waals surface area contributed by atoms with Crippen LogP contribution in [0.4, 0.5) is 0 Å². The molecule has 0 spiro atoms. The summed E-state index contributed by atoms with van der Waals surface area (Å²) >= 11 is 0. The molecule has 0 aromatic rings. The molecule has 1 aliphatic heterocycles. The number of nitrogens with one attached hydrogen (secondary N) is 1. The van der Waals surface area contributed by atoms with Gasteiger partial charge >= 0.3 is 5.97 Å². The summed E-state index contributed by atoms with van der Waals surface area (Å²) in [5, 5.41) is 11.8. The van der Waals surface area contributed by atoms with Crippen molar-refractivity contribution < 1.29 is 24.2 Å². The molecule has 1 atom stereocenters. The number of amides is 1. The van der Waals surface area contributed by atoms with Crippen molar-refractivity contribution >= 4 is 11.9 Å². The van der Waals surface area contributed by atoms with E-state index in [9.17, 15) is 9.59 Å². The third-order valence-corrected chi connectivity index (χ3v) is 3.39. The molecule has 2 N–H and O–H groups in total. The lowest BCUT2D eigenvalue weighted by Gasteiger charge is -2.23. The van der Waals surface area contributed by atoms with Crippen LogP contribution in [0.2, 0.25) is 0 Å². The summed E-state index contributed by atoms with van der Waals surface area (Å²) < 4.78 is 10.8. The van der Waals surface area contributed by atoms with E-state index in [0.29, 0.717) is 32.2 Å². The second-order valence-electron chi connectivity index (χ2n) is 6.47. The van der Waals surface area contributed by atoms with E-state index in [2.05, 4.69) is 5.32 Å². The van der Waals surface area contributed by atoms with Gasteiger partial charge in [0, 0.05) is 32.7 Å². The fraction of sp³-hybridized carbons (Fsp3) is 0.867. The lowest BCUT2D eigenvalue weighted by atomic mass is 9.96. The number of hydrogen-bond donors (Lipinski definition) is 2. The van der Waals surface area contributed by atoms with E-state index in [0.717, 1.165) is 12.8 Å². The van der Waals surface area contributed by atoms with Gasteiger partial charge in [0.25, 0.3) is 0 Å². The van der Waals surface area contributed by atoms with Gasteiger partial charge in [-0.3, -0.25) is 4.79 Å². The van der Waals surface area contributed by atoms with Crippen molar-refractivity contribution in [1.29, 1.82) is 0 Å². The van der Waals surface area contributed by atoms with Crippen molar-refractivity contribution in [2.24, 2.45) is 5.92 Å². The summed E-state index contributed by atoms with van der Waals surface area (Å²) in [6.45, 7) is 7.39. The molecule has 0 aliphatic carbocycles. The van der Waals surface area contributed by atoms with Crippen LogP contribution in [0, 0.1) is 5.92 Å². The molecule has 1 fully saturated rings. The second kappa shape index (κ2) is 8.34. The average molecular weight is 301 g/mol. The van der Waals surface area contributed by atoms with Crippen LogP contribution in [0.5, 0.6) is 0 Å². The van der Waals surface area contributed by atoms with E-state index in [-0.39, 0.29) is 17.9 Å². The van der Waals surface area contributed by atoms with Crippen LogP contribution in [0.1, 0.15) is 46.5 Å². The highest BCUT2D eigenvalue weighted by atomic mass is 16.5. The Morgan fingerprint density at radius 2 is 1.95 bits per heavy atom. The van der Waals surface area contributed by atoms with Crippen LogP contribution < -0.4 is 5.32 Å². The maximum absolute atomic E-state index is 11.9. The van der Waals surface area contributed by atoms with E-state index >= 15 is 0 Å². The number of aliphatic carboxylic acids is 1. The largest absolute Gasteiger partial charge is 0.480 e. The van der Waals surface area contributed by atoms with E-state index < -0.39 is 12.0 Å². The number of hydrogen-bond acceptors (Lipinski definition) is 4. The summed E-state index contributed by atoms with van der Waals surface area (Å²) in [5.74, 6) is -0.933. The van der Waals surface area contributed by atoms with Crippen LogP contribution in [-0.2, 0) is 19.1 Å². The third kappa shape index (κ3) is 8.02. The minimum Gasteiger partial charge on any atom is -0.480 e. The summed E-state index contributed by atoms with van der Waals surface area (Å²) in [6, 6.07) is -0.889. The molecule has 0 saturated carbocycles. The molecular formula is C15H27NO5. The highest BCUT2D eigenvalue weighted by Gasteiger charge is 2.23. The predicted octanol–water partition coefficient (Wildman–Crippen LogP) is 1.58. The Morgan fingerprint density at radius 3 is 2.48 bits per heavy atom. The van der Waals surface area contributed by atoms with Crippen molar-refractivity contribution in [2.45, 2.75) is 58.1 Å². The van der Waals surface area contributed by atoms with Gasteiger partial charge in [0.1, 0.15) is 6.04 Å². The van der Waals surface area contributed by atoms with E-state index in [1.807, 2.05) is 20.8 Å². The normalized spacial score (nSPS) is 18.2. The Balaban J connectivity index is 2.35. The van der Waals surface area contributed by atoms with Gasteiger partial charge in [-0.15, -0.1) is 0 Å². The molecule has 0 radical (unpaired) electrons. The SMILES string of the molecule is CC(C)(C)OCCC(NC(=O)CC1CCOCC1)C(=O)O. The topological polar surface area (TPSA) is 84.9 Å². The minimum atomic E-state index is -1.02. The Labute approximate surface area is 126 Å². The molecule has 122 valence electrons. The van der Waals surface area contributed by atoms with E-state index in [1.54, 1.807) is 0 Å². The first-order valence-corrected chi connectivity index (χ1v) is 7.52. The zero-order chi connectivity index (χ0) is 15.9. The van der Waals surface area contributed by atoms with Crippen molar-refractivity contribution in [3.63, 3.8) is 0 Å². The Bertz CT molecular complexity index is 344. The van der Waals surface area contributed by atoms with Gasteiger partial charge in [0.05, 0.1) is 5.60 Å². The average Bonchev–Trinajstić information content (AvgIpc) is 2.37. The maximum Gasteiger partial charge on any atom is 0.326 e. The molecule has 0 aromatic heterocycles. The van der Waals surface area contributed by atoms with Crippen LogP contribution in [-0.4, -0.2) is 48.4 Å². The van der Waals surface area contributed by atoms with Gasteiger partial charge < -0.3 is 19.9 Å². The first-order valence-electron chi connectivity index (χ1n) is 7.52. The lowest BCUT2D eigenvalue weighted by molar-refractivity contribution is -0.143. The number of rotatable bonds is 7. The second-order valence-corrected chi connectivity index (χ2v) is 6.47. The third-order valence-electron chi connectivity index (χ3n) is 3.39. The number of carboxylic acids is 1. The monoisotopic (exact) mass is 301 g/mol. The van der Waals surface area contributed by atoms with Gasteiger partial charge in [-0.25, -0.2) is 4.79 Å². The number of carbonyl (C=O) groups is 2. The van der Waals surface area contributed by atoms with Gasteiger partial charge in [-0.1, -0.05) is 0 Å². The van der Waals surface area contributed by atoms with Crippen molar-refractivity contribution in [3.8, 4) is 0 Å². The molecule has 6 nitrogen and oxygen atoms in total. The highest BCUT2D eigenvalue weighted by molar-refractivity contribution is 5.83. The maximum atomic E-state index is 11.9. The van der Waals surface area contributed by atoms with Crippen molar-refractivity contribution in [3.05, 3.63) is 0 Å². The molecule has 1 rings (SSSR count). The fourth-order valence-corrected chi connectivity index (χ4v) is 2.21. The fourth-order valence-electron chi connectivity index (χ4n) is 2.21. The first-order chi connectivity index (χ1) is 9.78. The molecule has 0 aromatic carbocycles. The molecular weight excluding hydrogens is 274 g/mol. The molecule has 1 saturated heterocycles. The zero-order valence-corrected chi connectivity index (χ0v) is 13.2. The lowest BCUT2D eigenvalue weighted by Crippen LogP contribution is -2.42. The van der Waals surface area contributed by atoms with Gasteiger partial charge in [-0.05, 0) is 39.5 Å². The molecule has 0 bridgehead atoms. The summed E-state index contributed by atoms with van der Waals surface area (Å²) in [5.41, 5.74) is -0.310. The number of carbonyl (C=O) groups excluding carboxylic acids is 1. The minimum absolute atomic E-state index is 0.204. The predicted molar refractivity (Wildman–Crippen MR) is 78.0 cm³/mol. The molecule has 1 heterocycles. The molecule has 1 aliphatic rings. The van der Waals surface area contributed by atoms with Gasteiger partial charge in [0.2, 0.25) is 5.91 Å². The number of carboxylic acid groups (broad SMARTS) is 1. The van der Waals surface area contributed by atoms with Crippen molar-refractivity contribution in [2.75, 3.05) is 19.8 Å². The summed E-state index contributed by atoms with van der Waals surface area (Å²) in [7, 11) is 0. The Hall–Kier alpha value is -1.14. The first kappa shape index (κ1) is 17.9. The Morgan fingerprint density at radius 1 is 1.33 bits per heavy atom. The van der Waals surface area contributed by atoms with Crippen LogP contribution in [0.15, 0.2) is 0 Å². The smallest absolute Gasteiger partial charge is 0.326 e. The van der Waals surface area contributed by atoms with E-state index in [4.69, 9.17) is 14.6 Å². The number of ether oxygens (including phenoxy) is 2. The molecule has 1 amide bonds. The quantitative estimate of drug-likeness (QED) is 0.745. The van der Waals surface area contributed by atoms with Crippen LogP contribution >= 0.6 is 0 Å². The van der Waals surface area contributed by atoms with Crippen LogP contribution in [0.3, 0.4) is 0 Å². The van der Waals surface area contributed by atoms with Crippen molar-refractivity contribution in [1.82, 2.24) is 5.32 Å². The van der Waals surface area contributed by atoms with Crippen LogP contribution in [0.25, 0.3) is 0 Å². The summed E-state index contributed by atoms with van der Waals surface area (Å²) in [4.78, 5) is 23.1. The van der Waals surface area contributed by atoms with Gasteiger partial charge in [-0.2, -0.15) is 0 Å². The highest BCUT2D eigenvalue weighted by Crippen LogP contribution is 2.18. The zero-order valence-electron chi connectivity index (χ0n) is 13.2. The van der Waals surface area contributed by atoms with Gasteiger partial charge in [0.15, 0.2) is 0 Å². The molecule has 6 heteroatoms. The Kier molecular flexibility index (Phi) is 7.11. The molecule has 1 unspecified atom stereocenters. The van der Waals surface area contributed by atoms with E-state index in [1.165, 1.54) is 0 Å².